The van der Waals surface area contributed by atoms with Crippen LogP contribution in [0.4, 0.5) is 0 Å². The second-order valence-electron chi connectivity index (χ2n) is 7.32. The fourth-order valence-electron chi connectivity index (χ4n) is 3.74. The van der Waals surface area contributed by atoms with Crippen molar-refractivity contribution in [3.63, 3.8) is 0 Å². The monoisotopic (exact) mass is 425 g/mol. The maximum atomic E-state index is 13.2. The van der Waals surface area contributed by atoms with Gasteiger partial charge < -0.3 is 18.6 Å². The number of nitrogens with zero attached hydrogens (tertiary/aromatic N) is 3. The smallest absolute Gasteiger partial charge is 0.237 e. The molecule has 0 N–H and O–H groups in total. The molecular weight excluding hydrogens is 398 g/mol. The highest BCUT2D eigenvalue weighted by molar-refractivity contribution is 7.99. The largest absolute Gasteiger partial charge is 0.467 e. The van der Waals surface area contributed by atoms with Crippen LogP contribution in [-0.2, 0) is 22.6 Å². The van der Waals surface area contributed by atoms with Gasteiger partial charge >= 0.3 is 0 Å². The third kappa shape index (κ3) is 4.79. The second kappa shape index (κ2) is 10.00. The minimum absolute atomic E-state index is 0.0786. The van der Waals surface area contributed by atoms with Gasteiger partial charge in [0.1, 0.15) is 5.76 Å². The molecule has 158 valence electrons. The molecule has 1 aromatic carbocycles. The molecule has 1 aliphatic rings. The number of carbonyl (C=O) groups is 1. The van der Waals surface area contributed by atoms with Crippen molar-refractivity contribution in [1.82, 2.24) is 14.5 Å². The molecule has 0 fully saturated rings. The Labute approximate surface area is 180 Å². The van der Waals surface area contributed by atoms with Crippen molar-refractivity contribution in [3.8, 4) is 0 Å². The van der Waals surface area contributed by atoms with Gasteiger partial charge in [0.15, 0.2) is 5.16 Å². The van der Waals surface area contributed by atoms with Crippen molar-refractivity contribution in [3.05, 3.63) is 60.2 Å². The second-order valence-corrected chi connectivity index (χ2v) is 8.26. The topological polar surface area (TPSA) is 60.5 Å². The Balaban J connectivity index is 1.52. The van der Waals surface area contributed by atoms with Crippen molar-refractivity contribution >= 4 is 28.7 Å². The molecule has 6 nitrogen and oxygen atoms in total. The average Bonchev–Trinajstić information content (AvgIpc) is 3.42. The highest BCUT2D eigenvalue weighted by atomic mass is 32.2. The minimum atomic E-state index is 0.0786. The normalized spacial score (nSPS) is 14.1. The highest BCUT2D eigenvalue weighted by Gasteiger charge is 2.22. The molecule has 3 aromatic rings. The van der Waals surface area contributed by atoms with Gasteiger partial charge in [-0.1, -0.05) is 30.0 Å². The maximum Gasteiger partial charge on any atom is 0.237 e. The predicted molar refractivity (Wildman–Crippen MR) is 118 cm³/mol. The number of thioether (sulfide) groups is 1. The summed E-state index contributed by atoms with van der Waals surface area (Å²) >= 11 is 1.48. The van der Waals surface area contributed by atoms with Gasteiger partial charge in [-0.3, -0.25) is 4.79 Å². The SMILES string of the molecule is COCCn1c(SCC(=O)N(Cc2ccco2)C2=CCCCC2)nc2ccccc21. The van der Waals surface area contributed by atoms with Gasteiger partial charge in [-0.15, -0.1) is 0 Å². The lowest BCUT2D eigenvalue weighted by molar-refractivity contribution is -0.127. The van der Waals surface area contributed by atoms with E-state index in [2.05, 4.69) is 16.7 Å². The number of para-hydroxylation sites is 2. The van der Waals surface area contributed by atoms with Gasteiger partial charge in [0.25, 0.3) is 0 Å². The number of amides is 1. The maximum absolute atomic E-state index is 13.2. The molecule has 30 heavy (non-hydrogen) atoms. The highest BCUT2D eigenvalue weighted by Crippen LogP contribution is 2.27. The van der Waals surface area contributed by atoms with Crippen molar-refractivity contribution in [2.45, 2.75) is 43.9 Å². The number of hydrogen-bond acceptors (Lipinski definition) is 5. The van der Waals surface area contributed by atoms with Crippen LogP contribution in [0.1, 0.15) is 31.4 Å². The number of imidazole rings is 1. The van der Waals surface area contributed by atoms with Crippen LogP contribution >= 0.6 is 11.8 Å². The molecule has 0 unspecified atom stereocenters. The van der Waals surface area contributed by atoms with Crippen molar-refractivity contribution in [1.29, 1.82) is 0 Å². The number of fused-ring (bicyclic) bond motifs is 1. The van der Waals surface area contributed by atoms with Gasteiger partial charge in [-0.05, 0) is 49.9 Å². The summed E-state index contributed by atoms with van der Waals surface area (Å²) in [4.78, 5) is 19.9. The van der Waals surface area contributed by atoms with Crippen LogP contribution in [0.15, 0.2) is 64.0 Å². The molecule has 0 saturated carbocycles. The third-order valence-corrected chi connectivity index (χ3v) is 6.23. The molecule has 7 heteroatoms. The Kier molecular flexibility index (Phi) is 6.92. The van der Waals surface area contributed by atoms with E-state index in [0.717, 1.165) is 46.9 Å². The van der Waals surface area contributed by atoms with Gasteiger partial charge in [0, 0.05) is 19.4 Å². The number of ether oxygens (including phenoxy) is 1. The Morgan fingerprint density at radius 1 is 1.27 bits per heavy atom. The zero-order valence-corrected chi connectivity index (χ0v) is 18.1. The zero-order valence-electron chi connectivity index (χ0n) is 17.3. The molecule has 0 aliphatic heterocycles. The number of benzene rings is 1. The number of furan rings is 1. The van der Waals surface area contributed by atoms with Crippen molar-refractivity contribution < 1.29 is 13.9 Å². The lowest BCUT2D eigenvalue weighted by Crippen LogP contribution is -2.32. The van der Waals surface area contributed by atoms with E-state index < -0.39 is 0 Å². The van der Waals surface area contributed by atoms with E-state index in [0.29, 0.717) is 25.4 Å². The predicted octanol–water partition coefficient (Wildman–Crippen LogP) is 4.85. The Morgan fingerprint density at radius 2 is 2.17 bits per heavy atom. The molecule has 0 spiro atoms. The summed E-state index contributed by atoms with van der Waals surface area (Å²) in [7, 11) is 1.69. The van der Waals surface area contributed by atoms with Crippen LogP contribution in [0.2, 0.25) is 0 Å². The van der Waals surface area contributed by atoms with Gasteiger partial charge in [0.05, 0.1) is 36.2 Å². The molecule has 2 heterocycles. The van der Waals surface area contributed by atoms with E-state index in [4.69, 9.17) is 14.1 Å². The van der Waals surface area contributed by atoms with Crippen LogP contribution in [0.3, 0.4) is 0 Å². The Hall–Kier alpha value is -2.51. The lowest BCUT2D eigenvalue weighted by Gasteiger charge is -2.27. The number of aromatic nitrogens is 2. The Bertz CT molecular complexity index is 1010. The molecule has 0 radical (unpaired) electrons. The first kappa shape index (κ1) is 20.8. The minimum Gasteiger partial charge on any atom is -0.467 e. The molecule has 0 atom stereocenters. The van der Waals surface area contributed by atoms with E-state index in [9.17, 15) is 4.79 Å². The van der Waals surface area contributed by atoms with Gasteiger partial charge in [0.2, 0.25) is 5.91 Å². The molecule has 1 aliphatic carbocycles. The van der Waals surface area contributed by atoms with Crippen LogP contribution in [-0.4, -0.2) is 39.8 Å². The summed E-state index contributed by atoms with van der Waals surface area (Å²) in [5, 5.41) is 0.845. The fraction of sp³-hybridized carbons (Fsp3) is 0.391. The first-order valence-electron chi connectivity index (χ1n) is 10.3. The standard InChI is InChI=1S/C23H27N3O3S/c1-28-15-13-25-21-12-6-5-11-20(21)24-23(25)30-17-22(27)26(16-19-10-7-14-29-19)18-8-3-2-4-9-18/h5-8,10-12,14H,2-4,9,13,15-17H2,1H3. The van der Waals surface area contributed by atoms with Crippen LogP contribution in [0.5, 0.6) is 0 Å². The summed E-state index contributed by atoms with van der Waals surface area (Å²) in [5.41, 5.74) is 3.11. The number of carbonyl (C=O) groups excluding carboxylic acids is 1. The molecule has 0 bridgehead atoms. The van der Waals surface area contributed by atoms with Crippen molar-refractivity contribution in [2.75, 3.05) is 19.5 Å². The lowest BCUT2D eigenvalue weighted by atomic mass is 10.0. The summed E-state index contributed by atoms with van der Waals surface area (Å²) < 4.78 is 12.9. The molecular formula is C23H27N3O3S. The van der Waals surface area contributed by atoms with E-state index >= 15 is 0 Å². The molecule has 0 saturated heterocycles. The average molecular weight is 426 g/mol. The van der Waals surface area contributed by atoms with E-state index in [1.54, 1.807) is 13.4 Å². The van der Waals surface area contributed by atoms with E-state index in [1.807, 2.05) is 35.2 Å². The molecule has 4 rings (SSSR count). The van der Waals surface area contributed by atoms with Crippen LogP contribution in [0, 0.1) is 0 Å². The first-order chi connectivity index (χ1) is 14.8. The van der Waals surface area contributed by atoms with Gasteiger partial charge in [-0.2, -0.15) is 0 Å². The summed E-state index contributed by atoms with van der Waals surface area (Å²) in [6.07, 6.45) is 8.11. The number of allylic oxidation sites excluding steroid dienone is 2. The zero-order chi connectivity index (χ0) is 20.8. The number of hydrogen-bond donors (Lipinski definition) is 0. The van der Waals surface area contributed by atoms with E-state index in [-0.39, 0.29) is 5.91 Å². The number of rotatable bonds is 9. The first-order valence-corrected chi connectivity index (χ1v) is 11.3. The summed E-state index contributed by atoms with van der Waals surface area (Å²) in [6, 6.07) is 11.8. The van der Waals surface area contributed by atoms with Crippen LogP contribution < -0.4 is 0 Å². The Morgan fingerprint density at radius 3 is 2.93 bits per heavy atom. The quantitative estimate of drug-likeness (QED) is 0.459. The molecule has 2 aromatic heterocycles. The number of methoxy groups -OCH3 is 1. The molecule has 1 amide bonds. The van der Waals surface area contributed by atoms with Crippen molar-refractivity contribution in [2.24, 2.45) is 0 Å². The van der Waals surface area contributed by atoms with Gasteiger partial charge in [-0.25, -0.2) is 4.98 Å². The van der Waals surface area contributed by atoms with Crippen LogP contribution in [0.25, 0.3) is 11.0 Å². The van der Waals surface area contributed by atoms with E-state index in [1.165, 1.54) is 18.2 Å². The summed E-state index contributed by atoms with van der Waals surface area (Å²) in [5.74, 6) is 1.20. The third-order valence-electron chi connectivity index (χ3n) is 5.27. The fourth-order valence-corrected chi connectivity index (χ4v) is 4.66. The summed E-state index contributed by atoms with van der Waals surface area (Å²) in [6.45, 7) is 1.77.